The highest BCUT2D eigenvalue weighted by Crippen LogP contribution is 2.33. The predicted octanol–water partition coefficient (Wildman–Crippen LogP) is 4.26. The van der Waals surface area contributed by atoms with E-state index < -0.39 is 35.2 Å². The van der Waals surface area contributed by atoms with E-state index >= 15 is 0 Å². The number of aliphatic hydroxyl groups is 1. The fourth-order valence-corrected chi connectivity index (χ4v) is 3.73. The van der Waals surface area contributed by atoms with Crippen LogP contribution in [0.2, 0.25) is 5.02 Å². The number of rotatable bonds is 7. The number of carbonyl (C=O) groups excluding carboxylic acids is 2. The maximum atomic E-state index is 13.7. The molecular formula is C23H25ClF2N2O4. The molecule has 3 rings (SSSR count). The third-order valence-corrected chi connectivity index (χ3v) is 5.92. The van der Waals surface area contributed by atoms with Crippen LogP contribution in [0.4, 0.5) is 13.6 Å². The van der Waals surface area contributed by atoms with Gasteiger partial charge in [0.2, 0.25) is 0 Å². The zero-order valence-electron chi connectivity index (χ0n) is 18.2. The third-order valence-electron chi connectivity index (χ3n) is 5.51. The van der Waals surface area contributed by atoms with Crippen LogP contribution < -0.4 is 10.1 Å². The number of carbonyl (C=O) groups is 2. The minimum Gasteiger partial charge on any atom is -0.491 e. The summed E-state index contributed by atoms with van der Waals surface area (Å²) in [6.07, 6.45) is -1.17. The molecule has 0 saturated carbocycles. The van der Waals surface area contributed by atoms with Crippen molar-refractivity contribution >= 4 is 23.5 Å². The molecule has 1 heterocycles. The summed E-state index contributed by atoms with van der Waals surface area (Å²) in [6.45, 7) is 6.71. The van der Waals surface area contributed by atoms with E-state index in [0.717, 1.165) is 28.2 Å². The molecule has 0 radical (unpaired) electrons. The summed E-state index contributed by atoms with van der Waals surface area (Å²) in [5.41, 5.74) is 0.205. The lowest BCUT2D eigenvalue weighted by atomic mass is 9.92. The average molecular weight is 467 g/mol. The quantitative estimate of drug-likeness (QED) is 0.598. The minimum atomic E-state index is -1.58. The number of nitrogens with one attached hydrogen (secondary N) is 1. The molecule has 0 unspecified atom stereocenters. The van der Waals surface area contributed by atoms with E-state index in [1.165, 1.54) is 13.0 Å². The van der Waals surface area contributed by atoms with E-state index in [9.17, 15) is 23.5 Å². The van der Waals surface area contributed by atoms with Gasteiger partial charge in [0.15, 0.2) is 11.6 Å². The first kappa shape index (κ1) is 23.9. The Bertz CT molecular complexity index is 1060. The summed E-state index contributed by atoms with van der Waals surface area (Å²) in [5.74, 6) is -2.18. The van der Waals surface area contributed by atoms with Crippen LogP contribution >= 0.6 is 11.6 Å². The number of nitrogens with zero attached hydrogens (tertiary/aromatic N) is 1. The molecule has 32 heavy (non-hydrogen) atoms. The second-order valence-corrected chi connectivity index (χ2v) is 8.77. The number of amides is 3. The highest BCUT2D eigenvalue weighted by Gasteiger charge is 2.49. The van der Waals surface area contributed by atoms with Crippen LogP contribution in [0.3, 0.4) is 0 Å². The molecule has 0 bridgehead atoms. The molecule has 2 N–H and O–H groups in total. The molecule has 6 nitrogen and oxygen atoms in total. The Labute approximate surface area is 190 Å². The van der Waals surface area contributed by atoms with Crippen LogP contribution in [-0.2, 0) is 10.3 Å². The van der Waals surface area contributed by atoms with Gasteiger partial charge in [-0.3, -0.25) is 9.69 Å². The van der Waals surface area contributed by atoms with Gasteiger partial charge in [0.1, 0.15) is 24.0 Å². The molecule has 172 valence electrons. The Morgan fingerprint density at radius 1 is 1.19 bits per heavy atom. The molecule has 1 aliphatic heterocycles. The van der Waals surface area contributed by atoms with Crippen LogP contribution in [0.1, 0.15) is 43.4 Å². The lowest BCUT2D eigenvalue weighted by Gasteiger charge is -2.23. The van der Waals surface area contributed by atoms with Gasteiger partial charge in [-0.05, 0) is 60.7 Å². The van der Waals surface area contributed by atoms with E-state index in [-0.39, 0.29) is 24.6 Å². The van der Waals surface area contributed by atoms with Crippen LogP contribution in [0, 0.1) is 18.6 Å². The Kier molecular flexibility index (Phi) is 6.76. The number of aliphatic hydroxyl groups excluding tert-OH is 1. The summed E-state index contributed by atoms with van der Waals surface area (Å²) in [5, 5.41) is 13.5. The number of ether oxygens (including phenoxy) is 1. The molecule has 2 aromatic rings. The zero-order chi connectivity index (χ0) is 23.8. The molecular weight excluding hydrogens is 442 g/mol. The summed E-state index contributed by atoms with van der Waals surface area (Å²) in [4.78, 5) is 26.2. The Hall–Kier alpha value is -2.71. The number of hydrogen-bond donors (Lipinski definition) is 2. The smallest absolute Gasteiger partial charge is 0.325 e. The summed E-state index contributed by atoms with van der Waals surface area (Å²) in [7, 11) is 0. The number of β-amino-alcohol motifs (C(OH)–C–C–N with tert-alkyl or cyclic N) is 1. The van der Waals surface area contributed by atoms with Gasteiger partial charge in [-0.1, -0.05) is 31.5 Å². The van der Waals surface area contributed by atoms with Crippen molar-refractivity contribution in [3.63, 3.8) is 0 Å². The molecule has 0 spiro atoms. The van der Waals surface area contributed by atoms with Crippen LogP contribution in [-0.4, -0.2) is 41.2 Å². The normalized spacial score (nSPS) is 19.5. The van der Waals surface area contributed by atoms with Crippen molar-refractivity contribution in [3.8, 4) is 5.75 Å². The van der Waals surface area contributed by atoms with E-state index in [4.69, 9.17) is 16.3 Å². The van der Waals surface area contributed by atoms with Crippen molar-refractivity contribution in [3.05, 3.63) is 63.7 Å². The zero-order valence-corrected chi connectivity index (χ0v) is 19.0. The van der Waals surface area contributed by atoms with Gasteiger partial charge in [0.25, 0.3) is 5.91 Å². The number of benzene rings is 2. The summed E-state index contributed by atoms with van der Waals surface area (Å²) >= 11 is 6.20. The third kappa shape index (κ3) is 4.56. The lowest BCUT2D eigenvalue weighted by Crippen LogP contribution is -2.43. The van der Waals surface area contributed by atoms with Gasteiger partial charge >= 0.3 is 6.03 Å². The first-order valence-electron chi connectivity index (χ1n) is 10.1. The monoisotopic (exact) mass is 466 g/mol. The summed E-state index contributed by atoms with van der Waals surface area (Å²) in [6, 6.07) is 5.84. The second-order valence-electron chi connectivity index (χ2n) is 8.36. The van der Waals surface area contributed by atoms with E-state index in [2.05, 4.69) is 5.32 Å². The molecule has 0 aromatic heterocycles. The highest BCUT2D eigenvalue weighted by atomic mass is 35.5. The summed E-state index contributed by atoms with van der Waals surface area (Å²) < 4.78 is 32.7. The number of urea groups is 1. The molecule has 1 fully saturated rings. The Morgan fingerprint density at radius 2 is 1.88 bits per heavy atom. The van der Waals surface area contributed by atoms with Gasteiger partial charge in [-0.2, -0.15) is 0 Å². The van der Waals surface area contributed by atoms with Gasteiger partial charge in [-0.15, -0.1) is 0 Å². The lowest BCUT2D eigenvalue weighted by molar-refractivity contribution is -0.132. The minimum absolute atomic E-state index is 0.0983. The SMILES string of the molecule is Cc1cc(OC[C@@H](O)CN2C(=O)N[C@](C)(c3ccc(F)c(F)c3)C2=O)c(C(C)C)cc1Cl. The highest BCUT2D eigenvalue weighted by molar-refractivity contribution is 6.31. The van der Waals surface area contributed by atoms with Crippen LogP contribution in [0.25, 0.3) is 0 Å². The van der Waals surface area contributed by atoms with Crippen molar-refractivity contribution in [2.45, 2.75) is 45.3 Å². The van der Waals surface area contributed by atoms with E-state index in [0.29, 0.717) is 10.8 Å². The first-order chi connectivity index (χ1) is 14.9. The molecule has 9 heteroatoms. The molecule has 1 aliphatic rings. The molecule has 3 amide bonds. The van der Waals surface area contributed by atoms with Crippen molar-refractivity contribution in [1.82, 2.24) is 10.2 Å². The second kappa shape index (κ2) is 9.03. The number of halogens is 3. The van der Waals surface area contributed by atoms with Crippen molar-refractivity contribution in [1.29, 1.82) is 0 Å². The van der Waals surface area contributed by atoms with E-state index in [1.54, 1.807) is 6.07 Å². The van der Waals surface area contributed by atoms with Gasteiger partial charge in [0, 0.05) is 5.02 Å². The van der Waals surface area contributed by atoms with E-state index in [1.807, 2.05) is 26.8 Å². The number of aryl methyl sites for hydroxylation is 1. The van der Waals surface area contributed by atoms with Crippen molar-refractivity contribution < 1.29 is 28.2 Å². The molecule has 0 aliphatic carbocycles. The Morgan fingerprint density at radius 3 is 2.50 bits per heavy atom. The van der Waals surface area contributed by atoms with Gasteiger partial charge in [0.05, 0.1) is 6.54 Å². The largest absolute Gasteiger partial charge is 0.491 e. The maximum Gasteiger partial charge on any atom is 0.325 e. The van der Waals surface area contributed by atoms with Crippen molar-refractivity contribution in [2.75, 3.05) is 13.2 Å². The predicted molar refractivity (Wildman–Crippen MR) is 116 cm³/mol. The first-order valence-corrected chi connectivity index (χ1v) is 10.5. The maximum absolute atomic E-state index is 13.7. The molecule has 2 aromatic carbocycles. The number of hydrogen-bond acceptors (Lipinski definition) is 4. The fraction of sp³-hybridized carbons (Fsp3) is 0.391. The topological polar surface area (TPSA) is 78.9 Å². The number of imide groups is 1. The molecule has 1 saturated heterocycles. The fourth-order valence-electron chi connectivity index (χ4n) is 3.56. The van der Waals surface area contributed by atoms with Crippen LogP contribution in [0.5, 0.6) is 5.75 Å². The van der Waals surface area contributed by atoms with Gasteiger partial charge in [-0.25, -0.2) is 13.6 Å². The average Bonchev–Trinajstić information content (AvgIpc) is 2.94. The van der Waals surface area contributed by atoms with Crippen LogP contribution in [0.15, 0.2) is 30.3 Å². The van der Waals surface area contributed by atoms with Crippen molar-refractivity contribution in [2.24, 2.45) is 0 Å². The standard InChI is InChI=1S/C23H25ClF2N2O4/c1-12(2)16-9-17(24)13(3)7-20(16)32-11-15(29)10-28-21(30)23(4,27-22(28)31)14-5-6-18(25)19(26)8-14/h5-9,12,15,29H,10-11H2,1-4H3,(H,27,31)/t15-,23+/m0/s1. The Balaban J connectivity index is 1.71. The molecule has 2 atom stereocenters. The van der Waals surface area contributed by atoms with Gasteiger partial charge < -0.3 is 15.2 Å².